The number of rotatable bonds is 7. The first-order valence-corrected chi connectivity index (χ1v) is 7.84. The molecule has 0 radical (unpaired) electrons. The van der Waals surface area contributed by atoms with Crippen LogP contribution in [0.3, 0.4) is 0 Å². The van der Waals surface area contributed by atoms with Crippen molar-refractivity contribution in [2.75, 3.05) is 13.2 Å². The Labute approximate surface area is 124 Å². The Hall–Kier alpha value is -1.02. The van der Waals surface area contributed by atoms with Crippen LogP contribution in [0.1, 0.15) is 58.6 Å². The quantitative estimate of drug-likeness (QED) is 0.806. The molecule has 2 heteroatoms. The van der Waals surface area contributed by atoms with Gasteiger partial charge in [0, 0.05) is 0 Å². The summed E-state index contributed by atoms with van der Waals surface area (Å²) in [6, 6.07) is 6.66. The van der Waals surface area contributed by atoms with Crippen LogP contribution in [0.5, 0.6) is 5.75 Å². The lowest BCUT2D eigenvalue weighted by molar-refractivity contribution is 0.308. The van der Waals surface area contributed by atoms with E-state index < -0.39 is 0 Å². The van der Waals surface area contributed by atoms with Crippen molar-refractivity contribution in [3.05, 3.63) is 29.3 Å². The standard InChI is InChI=1S/C18H31NO/c1-6-11-20-17-8-7-15(12-14(2)9-10-19)13-16(17)18(3,4)5/h7-8,13-14H,6,9-12,19H2,1-5H3. The molecule has 0 heterocycles. The largest absolute Gasteiger partial charge is 0.493 e. The van der Waals surface area contributed by atoms with Crippen molar-refractivity contribution in [3.8, 4) is 5.75 Å². The van der Waals surface area contributed by atoms with E-state index in [9.17, 15) is 0 Å². The molecule has 0 aromatic heterocycles. The molecule has 1 aromatic rings. The molecule has 1 rings (SSSR count). The fraction of sp³-hybridized carbons (Fsp3) is 0.667. The number of ether oxygens (including phenoxy) is 1. The molecule has 0 saturated carbocycles. The van der Waals surface area contributed by atoms with Gasteiger partial charge in [-0.25, -0.2) is 0 Å². The Morgan fingerprint density at radius 2 is 1.95 bits per heavy atom. The summed E-state index contributed by atoms with van der Waals surface area (Å²) in [5, 5.41) is 0. The second-order valence-corrected chi connectivity index (χ2v) is 6.82. The molecule has 2 N–H and O–H groups in total. The second-order valence-electron chi connectivity index (χ2n) is 6.82. The number of hydrogen-bond acceptors (Lipinski definition) is 2. The van der Waals surface area contributed by atoms with E-state index in [1.54, 1.807) is 0 Å². The Kier molecular flexibility index (Phi) is 6.54. The van der Waals surface area contributed by atoms with Crippen LogP contribution in [-0.4, -0.2) is 13.2 Å². The third-order valence-corrected chi connectivity index (χ3v) is 3.56. The number of nitrogens with two attached hydrogens (primary N) is 1. The SMILES string of the molecule is CCCOc1ccc(CC(C)CCN)cc1C(C)(C)C. The summed E-state index contributed by atoms with van der Waals surface area (Å²) in [5.74, 6) is 1.67. The minimum absolute atomic E-state index is 0.107. The van der Waals surface area contributed by atoms with Crippen LogP contribution in [0.15, 0.2) is 18.2 Å². The van der Waals surface area contributed by atoms with Crippen molar-refractivity contribution in [3.63, 3.8) is 0 Å². The van der Waals surface area contributed by atoms with Crippen molar-refractivity contribution in [2.24, 2.45) is 11.7 Å². The molecule has 0 aliphatic heterocycles. The average molecular weight is 277 g/mol. The lowest BCUT2D eigenvalue weighted by Gasteiger charge is -2.24. The first-order chi connectivity index (χ1) is 9.38. The van der Waals surface area contributed by atoms with Crippen LogP contribution in [-0.2, 0) is 11.8 Å². The zero-order valence-electron chi connectivity index (χ0n) is 13.8. The molecule has 0 spiro atoms. The normalized spacial score (nSPS) is 13.3. The minimum Gasteiger partial charge on any atom is -0.493 e. The molecule has 114 valence electrons. The first kappa shape index (κ1) is 17.0. The van der Waals surface area contributed by atoms with Crippen molar-refractivity contribution in [1.29, 1.82) is 0 Å². The molecule has 1 atom stereocenters. The molecule has 0 aliphatic rings. The van der Waals surface area contributed by atoms with Crippen LogP contribution in [0.25, 0.3) is 0 Å². The van der Waals surface area contributed by atoms with Gasteiger partial charge in [-0.05, 0) is 54.3 Å². The summed E-state index contributed by atoms with van der Waals surface area (Å²) < 4.78 is 5.90. The fourth-order valence-electron chi connectivity index (χ4n) is 2.42. The van der Waals surface area contributed by atoms with Crippen LogP contribution >= 0.6 is 0 Å². The van der Waals surface area contributed by atoms with Crippen LogP contribution < -0.4 is 10.5 Å². The summed E-state index contributed by atoms with van der Waals surface area (Å²) in [4.78, 5) is 0. The molecule has 0 amide bonds. The zero-order chi connectivity index (χ0) is 15.2. The lowest BCUT2D eigenvalue weighted by atomic mass is 9.84. The average Bonchev–Trinajstić information content (AvgIpc) is 2.36. The summed E-state index contributed by atoms with van der Waals surface area (Å²) in [6.07, 6.45) is 3.21. The molecule has 0 aliphatic carbocycles. The summed E-state index contributed by atoms with van der Waals surface area (Å²) in [5.41, 5.74) is 8.45. The maximum absolute atomic E-state index is 5.90. The van der Waals surface area contributed by atoms with Gasteiger partial charge in [0.2, 0.25) is 0 Å². The van der Waals surface area contributed by atoms with Crippen molar-refractivity contribution >= 4 is 0 Å². The summed E-state index contributed by atoms with van der Waals surface area (Å²) in [6.45, 7) is 12.7. The minimum atomic E-state index is 0.107. The molecule has 0 bridgehead atoms. The van der Waals surface area contributed by atoms with Crippen molar-refractivity contribution in [1.82, 2.24) is 0 Å². The van der Waals surface area contributed by atoms with Crippen molar-refractivity contribution in [2.45, 2.75) is 59.3 Å². The highest BCUT2D eigenvalue weighted by atomic mass is 16.5. The number of benzene rings is 1. The molecule has 0 fully saturated rings. The molecular formula is C18H31NO. The Balaban J connectivity index is 2.95. The predicted molar refractivity (Wildman–Crippen MR) is 87.5 cm³/mol. The number of hydrogen-bond donors (Lipinski definition) is 1. The molecule has 2 nitrogen and oxygen atoms in total. The topological polar surface area (TPSA) is 35.2 Å². The van der Waals surface area contributed by atoms with Crippen LogP contribution in [0, 0.1) is 5.92 Å². The van der Waals surface area contributed by atoms with Gasteiger partial charge in [-0.15, -0.1) is 0 Å². The molecule has 1 aromatic carbocycles. The van der Waals surface area contributed by atoms with Gasteiger partial charge < -0.3 is 10.5 Å². The van der Waals surface area contributed by atoms with Crippen molar-refractivity contribution < 1.29 is 4.74 Å². The monoisotopic (exact) mass is 277 g/mol. The summed E-state index contributed by atoms with van der Waals surface area (Å²) in [7, 11) is 0. The molecular weight excluding hydrogens is 246 g/mol. The highest BCUT2D eigenvalue weighted by molar-refractivity contribution is 5.41. The fourth-order valence-corrected chi connectivity index (χ4v) is 2.42. The third kappa shape index (κ3) is 5.16. The van der Waals surface area contributed by atoms with Gasteiger partial charge >= 0.3 is 0 Å². The Bertz CT molecular complexity index is 406. The van der Waals surface area contributed by atoms with E-state index in [4.69, 9.17) is 10.5 Å². The van der Waals surface area contributed by atoms with E-state index in [-0.39, 0.29) is 5.41 Å². The predicted octanol–water partition coefficient (Wildman–Crippen LogP) is 4.30. The van der Waals surface area contributed by atoms with E-state index >= 15 is 0 Å². The van der Waals surface area contributed by atoms with Gasteiger partial charge in [0.15, 0.2) is 0 Å². The highest BCUT2D eigenvalue weighted by Crippen LogP contribution is 2.33. The Morgan fingerprint density at radius 1 is 1.25 bits per heavy atom. The maximum Gasteiger partial charge on any atom is 0.123 e. The van der Waals surface area contributed by atoms with Gasteiger partial charge in [0.1, 0.15) is 5.75 Å². The highest BCUT2D eigenvalue weighted by Gasteiger charge is 2.20. The smallest absolute Gasteiger partial charge is 0.123 e. The third-order valence-electron chi connectivity index (χ3n) is 3.56. The molecule has 1 unspecified atom stereocenters. The Morgan fingerprint density at radius 3 is 2.50 bits per heavy atom. The van der Waals surface area contributed by atoms with Gasteiger partial charge in [-0.1, -0.05) is 46.8 Å². The molecule has 20 heavy (non-hydrogen) atoms. The lowest BCUT2D eigenvalue weighted by Crippen LogP contribution is -2.15. The molecule has 0 saturated heterocycles. The van der Waals surface area contributed by atoms with E-state index in [1.165, 1.54) is 11.1 Å². The maximum atomic E-state index is 5.90. The zero-order valence-corrected chi connectivity index (χ0v) is 13.8. The second kappa shape index (κ2) is 7.68. The van der Waals surface area contributed by atoms with E-state index in [0.29, 0.717) is 5.92 Å². The van der Waals surface area contributed by atoms with Crippen LogP contribution in [0.4, 0.5) is 0 Å². The van der Waals surface area contributed by atoms with Crippen LogP contribution in [0.2, 0.25) is 0 Å². The van der Waals surface area contributed by atoms with E-state index in [1.807, 2.05) is 0 Å². The van der Waals surface area contributed by atoms with E-state index in [0.717, 1.165) is 38.2 Å². The van der Waals surface area contributed by atoms with E-state index in [2.05, 4.69) is 52.8 Å². The summed E-state index contributed by atoms with van der Waals surface area (Å²) >= 11 is 0. The first-order valence-electron chi connectivity index (χ1n) is 7.84. The van der Waals surface area contributed by atoms with Gasteiger partial charge in [0.05, 0.1) is 6.61 Å². The van der Waals surface area contributed by atoms with Gasteiger partial charge in [-0.2, -0.15) is 0 Å². The van der Waals surface area contributed by atoms with Gasteiger partial charge in [-0.3, -0.25) is 0 Å². The van der Waals surface area contributed by atoms with Gasteiger partial charge in [0.25, 0.3) is 0 Å².